The molecular formula is C17H19OP. The van der Waals surface area contributed by atoms with E-state index in [-0.39, 0.29) is 5.78 Å². The van der Waals surface area contributed by atoms with Gasteiger partial charge in [-0.25, -0.2) is 0 Å². The van der Waals surface area contributed by atoms with E-state index in [1.165, 1.54) is 16.7 Å². The normalized spacial score (nSPS) is 10.4. The summed E-state index contributed by atoms with van der Waals surface area (Å²) in [5.41, 5.74) is 4.71. The third kappa shape index (κ3) is 3.75. The van der Waals surface area contributed by atoms with E-state index in [0.29, 0.717) is 6.16 Å². The first-order valence-electron chi connectivity index (χ1n) is 6.63. The van der Waals surface area contributed by atoms with Crippen LogP contribution in [0, 0.1) is 0 Å². The van der Waals surface area contributed by atoms with E-state index in [2.05, 4.69) is 40.4 Å². The smallest absolute Gasteiger partial charge is 0.166 e. The van der Waals surface area contributed by atoms with E-state index >= 15 is 0 Å². The van der Waals surface area contributed by atoms with Crippen molar-refractivity contribution >= 4 is 15.0 Å². The van der Waals surface area contributed by atoms with Gasteiger partial charge in [-0.2, -0.15) is 0 Å². The fourth-order valence-corrected chi connectivity index (χ4v) is 2.29. The molecule has 0 heterocycles. The van der Waals surface area contributed by atoms with E-state index < -0.39 is 0 Å². The van der Waals surface area contributed by atoms with Gasteiger partial charge in [-0.3, -0.25) is 4.79 Å². The quantitative estimate of drug-likeness (QED) is 0.595. The fraction of sp³-hybridized carbons (Fsp3) is 0.235. The maximum Gasteiger partial charge on any atom is 0.166 e. The molecule has 98 valence electrons. The number of hydrogen-bond acceptors (Lipinski definition) is 1. The number of aryl methyl sites for hydroxylation is 1. The average molecular weight is 270 g/mol. The minimum absolute atomic E-state index is 0.170. The first-order chi connectivity index (χ1) is 9.22. The van der Waals surface area contributed by atoms with Crippen LogP contribution >= 0.6 is 9.24 Å². The van der Waals surface area contributed by atoms with E-state index in [1.807, 2.05) is 24.3 Å². The van der Waals surface area contributed by atoms with Gasteiger partial charge in [-0.15, -0.1) is 9.24 Å². The molecule has 1 atom stereocenters. The Bertz CT molecular complexity index is 540. The van der Waals surface area contributed by atoms with Crippen LogP contribution in [0.15, 0.2) is 48.5 Å². The van der Waals surface area contributed by atoms with Crippen LogP contribution in [0.1, 0.15) is 34.0 Å². The van der Waals surface area contributed by atoms with Crippen molar-refractivity contribution < 1.29 is 4.79 Å². The van der Waals surface area contributed by atoms with Crippen molar-refractivity contribution in [3.8, 4) is 0 Å². The summed E-state index contributed by atoms with van der Waals surface area (Å²) < 4.78 is 0. The highest BCUT2D eigenvalue weighted by molar-refractivity contribution is 7.18. The van der Waals surface area contributed by atoms with E-state index in [1.54, 1.807) is 0 Å². The Morgan fingerprint density at radius 2 is 1.37 bits per heavy atom. The molecule has 1 nitrogen and oxygen atoms in total. The van der Waals surface area contributed by atoms with Gasteiger partial charge < -0.3 is 0 Å². The third-order valence-corrected chi connectivity index (χ3v) is 3.67. The highest BCUT2D eigenvalue weighted by Crippen LogP contribution is 2.13. The molecule has 0 saturated carbocycles. The van der Waals surface area contributed by atoms with Gasteiger partial charge in [0.05, 0.1) is 0 Å². The second-order valence-electron chi connectivity index (χ2n) is 4.67. The first-order valence-corrected chi connectivity index (χ1v) is 7.44. The molecule has 2 aromatic rings. The Morgan fingerprint density at radius 3 is 1.84 bits per heavy atom. The maximum absolute atomic E-state index is 11.5. The molecule has 0 aliphatic carbocycles. The van der Waals surface area contributed by atoms with Crippen molar-refractivity contribution in [1.82, 2.24) is 0 Å². The summed E-state index contributed by atoms with van der Waals surface area (Å²) in [7, 11) is 2.47. The molecule has 2 rings (SSSR count). The van der Waals surface area contributed by atoms with Crippen LogP contribution in [0.5, 0.6) is 0 Å². The van der Waals surface area contributed by atoms with Crippen molar-refractivity contribution in [2.24, 2.45) is 0 Å². The molecule has 1 unspecified atom stereocenters. The summed E-state index contributed by atoms with van der Waals surface area (Å²) in [5, 5.41) is 0. The number of Topliss-reactive ketones (excluding diaryl/α,β-unsaturated/α-hetero) is 1. The van der Waals surface area contributed by atoms with Crippen LogP contribution in [0.3, 0.4) is 0 Å². The predicted octanol–water partition coefficient (Wildman–Crippen LogP) is 3.90. The second-order valence-corrected chi connectivity index (χ2v) is 5.08. The lowest BCUT2D eigenvalue weighted by Crippen LogP contribution is -1.99. The van der Waals surface area contributed by atoms with Gasteiger partial charge in [0.15, 0.2) is 5.78 Å². The number of carbonyl (C=O) groups excluding carboxylic acids is 1. The zero-order valence-corrected chi connectivity index (χ0v) is 12.4. The molecule has 2 aromatic carbocycles. The Labute approximate surface area is 117 Å². The van der Waals surface area contributed by atoms with Crippen molar-refractivity contribution in [2.45, 2.75) is 19.8 Å². The van der Waals surface area contributed by atoms with Crippen LogP contribution in [0.2, 0.25) is 0 Å². The zero-order chi connectivity index (χ0) is 13.7. The van der Waals surface area contributed by atoms with Crippen molar-refractivity contribution in [3.63, 3.8) is 0 Å². The third-order valence-electron chi connectivity index (χ3n) is 3.30. The SMILES string of the molecule is CCc1ccc(Cc2ccc(C(=O)CP)cc2)cc1. The number of rotatable bonds is 5. The Morgan fingerprint density at radius 1 is 0.895 bits per heavy atom. The summed E-state index contributed by atoms with van der Waals surface area (Å²) in [4.78, 5) is 11.5. The van der Waals surface area contributed by atoms with E-state index in [0.717, 1.165) is 18.4 Å². The summed E-state index contributed by atoms with van der Waals surface area (Å²) in [6, 6.07) is 16.6. The summed E-state index contributed by atoms with van der Waals surface area (Å²) >= 11 is 0. The Kier molecular flexibility index (Phi) is 4.87. The topological polar surface area (TPSA) is 17.1 Å². The van der Waals surface area contributed by atoms with Gasteiger partial charge >= 0.3 is 0 Å². The number of hydrogen-bond donors (Lipinski definition) is 0. The van der Waals surface area contributed by atoms with Crippen molar-refractivity contribution in [2.75, 3.05) is 6.16 Å². The van der Waals surface area contributed by atoms with Gasteiger partial charge in [-0.1, -0.05) is 55.5 Å². The summed E-state index contributed by atoms with van der Waals surface area (Å²) in [5.74, 6) is 0.170. The molecule has 0 fully saturated rings. The van der Waals surface area contributed by atoms with Gasteiger partial charge in [-0.05, 0) is 29.5 Å². The average Bonchev–Trinajstić information content (AvgIpc) is 2.48. The molecule has 0 aromatic heterocycles. The fourth-order valence-electron chi connectivity index (χ4n) is 2.05. The first kappa shape index (κ1) is 14.0. The van der Waals surface area contributed by atoms with Gasteiger partial charge in [0, 0.05) is 11.7 Å². The van der Waals surface area contributed by atoms with Crippen molar-refractivity contribution in [1.29, 1.82) is 0 Å². The summed E-state index contributed by atoms with van der Waals surface area (Å²) in [6.07, 6.45) is 2.48. The monoisotopic (exact) mass is 270 g/mol. The summed E-state index contributed by atoms with van der Waals surface area (Å²) in [6.45, 7) is 2.16. The molecule has 0 bridgehead atoms. The minimum atomic E-state index is 0.170. The Hall–Kier alpha value is -1.46. The van der Waals surface area contributed by atoms with Gasteiger partial charge in [0.2, 0.25) is 0 Å². The molecule has 0 N–H and O–H groups in total. The molecule has 0 amide bonds. The maximum atomic E-state index is 11.5. The largest absolute Gasteiger partial charge is 0.294 e. The molecule has 19 heavy (non-hydrogen) atoms. The zero-order valence-electron chi connectivity index (χ0n) is 11.2. The second kappa shape index (κ2) is 6.63. The minimum Gasteiger partial charge on any atom is -0.294 e. The van der Waals surface area contributed by atoms with Crippen LogP contribution in [0.25, 0.3) is 0 Å². The van der Waals surface area contributed by atoms with Crippen molar-refractivity contribution in [3.05, 3.63) is 70.8 Å². The molecule has 2 heteroatoms. The molecule has 0 radical (unpaired) electrons. The molecule has 0 saturated heterocycles. The lowest BCUT2D eigenvalue weighted by atomic mass is 10.0. The molecule has 0 spiro atoms. The number of carbonyl (C=O) groups is 1. The molecule has 0 aliphatic heterocycles. The highest BCUT2D eigenvalue weighted by atomic mass is 31.0. The van der Waals surface area contributed by atoms with Crippen LogP contribution < -0.4 is 0 Å². The van der Waals surface area contributed by atoms with Gasteiger partial charge in [0.1, 0.15) is 0 Å². The lowest BCUT2D eigenvalue weighted by molar-refractivity contribution is 0.102. The lowest BCUT2D eigenvalue weighted by Gasteiger charge is -2.04. The van der Waals surface area contributed by atoms with Gasteiger partial charge in [0.25, 0.3) is 0 Å². The van der Waals surface area contributed by atoms with Crippen LogP contribution in [0.4, 0.5) is 0 Å². The molecular weight excluding hydrogens is 251 g/mol. The standard InChI is InChI=1S/C17H19OP/c1-2-13-3-5-14(6-4-13)11-15-7-9-16(10-8-15)17(18)12-19/h3-10H,2,11-12,19H2,1H3. The van der Waals surface area contributed by atoms with Crippen LogP contribution in [-0.2, 0) is 12.8 Å². The van der Waals surface area contributed by atoms with E-state index in [4.69, 9.17) is 0 Å². The Balaban J connectivity index is 2.08. The highest BCUT2D eigenvalue weighted by Gasteiger charge is 2.03. The molecule has 0 aliphatic rings. The van der Waals surface area contributed by atoms with E-state index in [9.17, 15) is 4.79 Å². The number of ketones is 1. The van der Waals surface area contributed by atoms with Crippen LogP contribution in [-0.4, -0.2) is 11.9 Å². The number of benzene rings is 2. The predicted molar refractivity (Wildman–Crippen MR) is 84.0 cm³/mol.